The SMILES string of the molecule is CCOCC(=O)OCN1C2N=C(C(F)(F)F)N=C(C(F)(F)F)C2=C(NC(=O)OC(C)(C)C)N1c1c(Cl)cc(C(F)(F)F)cc1Cl. The van der Waals surface area contributed by atoms with E-state index in [9.17, 15) is 49.1 Å². The molecule has 2 aliphatic rings. The van der Waals surface area contributed by atoms with Crippen molar-refractivity contribution < 1.29 is 63.3 Å². The summed E-state index contributed by atoms with van der Waals surface area (Å²) in [6.45, 7) is 3.72. The van der Waals surface area contributed by atoms with Crippen LogP contribution in [0.5, 0.6) is 0 Å². The number of hydrazine groups is 1. The topological polar surface area (TPSA) is 105 Å². The first kappa shape index (κ1) is 36.2. The Kier molecular flexibility index (Phi) is 10.3. The van der Waals surface area contributed by atoms with Crippen molar-refractivity contribution in [2.24, 2.45) is 9.98 Å². The van der Waals surface area contributed by atoms with Gasteiger partial charge in [-0.2, -0.15) is 39.5 Å². The Hall–Kier alpha value is -3.29. The molecule has 0 aliphatic carbocycles. The van der Waals surface area contributed by atoms with Crippen LogP contribution in [0.1, 0.15) is 33.3 Å². The summed E-state index contributed by atoms with van der Waals surface area (Å²) in [6.07, 6.45) is -20.1. The maximum absolute atomic E-state index is 14.3. The van der Waals surface area contributed by atoms with Gasteiger partial charge in [-0.05, 0) is 39.8 Å². The van der Waals surface area contributed by atoms with E-state index in [-0.39, 0.29) is 6.61 Å². The molecule has 1 unspecified atom stereocenters. The van der Waals surface area contributed by atoms with Gasteiger partial charge in [0.15, 0.2) is 18.6 Å². The Bertz CT molecular complexity index is 1410. The number of nitrogens with one attached hydrogen (secondary N) is 1. The lowest BCUT2D eigenvalue weighted by molar-refractivity contribution is -0.154. The van der Waals surface area contributed by atoms with Gasteiger partial charge in [0.1, 0.15) is 18.0 Å². The average molecular weight is 702 g/mol. The third-order valence-corrected chi connectivity index (χ3v) is 6.04. The summed E-state index contributed by atoms with van der Waals surface area (Å²) >= 11 is 12.3. The number of fused-ring (bicyclic) bond motifs is 1. The molecule has 1 aromatic carbocycles. The fourth-order valence-electron chi connectivity index (χ4n) is 3.84. The molecule has 0 fully saturated rings. The summed E-state index contributed by atoms with van der Waals surface area (Å²) in [4.78, 5) is 31.0. The summed E-state index contributed by atoms with van der Waals surface area (Å²) in [6, 6.07) is 0.645. The van der Waals surface area contributed by atoms with Crippen molar-refractivity contribution in [2.75, 3.05) is 25.0 Å². The van der Waals surface area contributed by atoms with Crippen molar-refractivity contribution in [3.63, 3.8) is 0 Å². The van der Waals surface area contributed by atoms with Crippen LogP contribution < -0.4 is 10.3 Å². The van der Waals surface area contributed by atoms with Gasteiger partial charge < -0.3 is 14.2 Å². The molecule has 45 heavy (non-hydrogen) atoms. The van der Waals surface area contributed by atoms with Gasteiger partial charge in [0.05, 0.1) is 26.9 Å². The smallest absolute Gasteiger partial charge is 0.446 e. The van der Waals surface area contributed by atoms with E-state index in [0.717, 1.165) is 0 Å². The van der Waals surface area contributed by atoms with Gasteiger partial charge >= 0.3 is 30.6 Å². The lowest BCUT2D eigenvalue weighted by Gasteiger charge is -2.35. The monoisotopic (exact) mass is 701 g/mol. The van der Waals surface area contributed by atoms with E-state index >= 15 is 0 Å². The Morgan fingerprint density at radius 3 is 2.00 bits per heavy atom. The minimum Gasteiger partial charge on any atom is -0.446 e. The molecule has 2 aliphatic heterocycles. The van der Waals surface area contributed by atoms with Crippen molar-refractivity contribution in [2.45, 2.75) is 58.0 Å². The van der Waals surface area contributed by atoms with Crippen LogP contribution in [0.4, 0.5) is 50.0 Å². The number of aliphatic imine (C=N–C) groups is 2. The van der Waals surface area contributed by atoms with Crippen LogP contribution in [-0.4, -0.2) is 72.7 Å². The molecule has 0 saturated carbocycles. The largest absolute Gasteiger partial charge is 0.451 e. The molecule has 2 heterocycles. The molecule has 0 spiro atoms. The second-order valence-electron chi connectivity index (χ2n) is 9.99. The van der Waals surface area contributed by atoms with E-state index in [0.29, 0.717) is 22.2 Å². The fourth-order valence-corrected chi connectivity index (χ4v) is 4.49. The highest BCUT2D eigenvalue weighted by Gasteiger charge is 2.55. The van der Waals surface area contributed by atoms with E-state index in [1.165, 1.54) is 27.7 Å². The van der Waals surface area contributed by atoms with E-state index < -0.39 is 99.9 Å². The maximum Gasteiger partial charge on any atom is 0.451 e. The molecule has 0 saturated heterocycles. The number of amides is 1. The number of benzene rings is 1. The zero-order valence-electron chi connectivity index (χ0n) is 23.3. The normalized spacial score (nSPS) is 18.0. The van der Waals surface area contributed by atoms with Crippen LogP contribution in [0.2, 0.25) is 10.0 Å². The predicted octanol–water partition coefficient (Wildman–Crippen LogP) is 6.63. The molecule has 1 amide bonds. The summed E-state index contributed by atoms with van der Waals surface area (Å²) in [5.41, 5.74) is -6.89. The number of halogens is 11. The zero-order valence-corrected chi connectivity index (χ0v) is 24.9. The minimum absolute atomic E-state index is 0.0185. The van der Waals surface area contributed by atoms with Gasteiger partial charge in [-0.1, -0.05) is 23.2 Å². The molecule has 3 rings (SSSR count). The number of alkyl carbamates (subject to hydrolysis) is 1. The van der Waals surface area contributed by atoms with Crippen molar-refractivity contribution in [1.82, 2.24) is 10.3 Å². The molecule has 250 valence electrons. The standard InChI is InChI=1S/C24H22Cl2F9N5O5/c1-5-43-8-13(41)44-9-39-17-14(16(23(30,31)32)36-19(37-17)24(33,34)35)18(38-20(42)45-21(2,3)4)40(39)15-11(25)6-10(7-12(15)26)22(27,28)29/h6-7,17H,5,8-9H2,1-4H3,(H,38,42). The van der Waals surface area contributed by atoms with E-state index in [4.69, 9.17) is 37.4 Å². The Morgan fingerprint density at radius 2 is 1.53 bits per heavy atom. The summed E-state index contributed by atoms with van der Waals surface area (Å²) in [7, 11) is 0. The van der Waals surface area contributed by atoms with E-state index in [1.807, 2.05) is 5.32 Å². The summed E-state index contributed by atoms with van der Waals surface area (Å²) in [5.74, 6) is -4.49. The molecule has 1 N–H and O–H groups in total. The number of hydrogen-bond donors (Lipinski definition) is 1. The highest BCUT2D eigenvalue weighted by Crippen LogP contribution is 2.47. The average Bonchev–Trinajstić information content (AvgIpc) is 3.14. The summed E-state index contributed by atoms with van der Waals surface area (Å²) in [5, 5.41) is 1.02. The molecular weight excluding hydrogens is 680 g/mol. The first-order chi connectivity index (χ1) is 20.5. The van der Waals surface area contributed by atoms with Crippen molar-refractivity contribution in [3.8, 4) is 0 Å². The van der Waals surface area contributed by atoms with Crippen LogP contribution in [0.25, 0.3) is 0 Å². The van der Waals surface area contributed by atoms with Crippen molar-refractivity contribution >= 4 is 52.5 Å². The van der Waals surface area contributed by atoms with Crippen molar-refractivity contribution in [1.29, 1.82) is 0 Å². The third-order valence-electron chi connectivity index (χ3n) is 5.46. The van der Waals surface area contributed by atoms with Gasteiger partial charge in [0, 0.05) is 6.61 Å². The molecule has 10 nitrogen and oxygen atoms in total. The Balaban J connectivity index is 2.37. The lowest BCUT2D eigenvalue weighted by atomic mass is 10.1. The van der Waals surface area contributed by atoms with Crippen molar-refractivity contribution in [3.05, 3.63) is 39.1 Å². The van der Waals surface area contributed by atoms with Gasteiger partial charge in [-0.25, -0.2) is 24.6 Å². The van der Waals surface area contributed by atoms with E-state index in [1.54, 1.807) is 0 Å². The van der Waals surface area contributed by atoms with Crippen LogP contribution in [0, 0.1) is 0 Å². The van der Waals surface area contributed by atoms with Crippen LogP contribution in [0.15, 0.2) is 33.5 Å². The Morgan fingerprint density at radius 1 is 0.956 bits per heavy atom. The second-order valence-corrected chi connectivity index (χ2v) is 10.8. The highest BCUT2D eigenvalue weighted by molar-refractivity contribution is 6.39. The minimum atomic E-state index is -5.64. The summed E-state index contributed by atoms with van der Waals surface area (Å²) < 4.78 is 140. The zero-order chi connectivity index (χ0) is 34.3. The number of alkyl halides is 9. The van der Waals surface area contributed by atoms with Gasteiger partial charge in [0.2, 0.25) is 5.84 Å². The number of ether oxygens (including phenoxy) is 3. The molecule has 0 aromatic heterocycles. The lowest BCUT2D eigenvalue weighted by Crippen LogP contribution is -2.49. The van der Waals surface area contributed by atoms with Crippen LogP contribution in [0.3, 0.4) is 0 Å². The van der Waals surface area contributed by atoms with Crippen LogP contribution >= 0.6 is 23.2 Å². The molecule has 1 atom stereocenters. The fraction of sp³-hybridized carbons (Fsp3) is 0.500. The first-order valence-electron chi connectivity index (χ1n) is 12.4. The third kappa shape index (κ3) is 8.50. The van der Waals surface area contributed by atoms with Crippen LogP contribution in [-0.2, 0) is 25.2 Å². The first-order valence-corrected chi connectivity index (χ1v) is 13.1. The molecule has 1 aromatic rings. The number of rotatable bonds is 7. The number of anilines is 1. The number of amidine groups is 1. The molecule has 21 heteroatoms. The molecule has 0 bridgehead atoms. The van der Waals surface area contributed by atoms with E-state index in [2.05, 4.69) is 9.98 Å². The molecular formula is C24H22Cl2F9N5O5. The van der Waals surface area contributed by atoms with Gasteiger partial charge in [-0.15, -0.1) is 5.01 Å². The number of carbonyl (C=O) groups excluding carboxylic acids is 2. The number of hydrogen-bond acceptors (Lipinski definition) is 9. The predicted molar refractivity (Wildman–Crippen MR) is 140 cm³/mol. The number of carbonyl (C=O) groups is 2. The van der Waals surface area contributed by atoms with Gasteiger partial charge in [-0.3, -0.25) is 5.32 Å². The number of esters is 1. The van der Waals surface area contributed by atoms with Gasteiger partial charge in [0.25, 0.3) is 0 Å². The second kappa shape index (κ2) is 12.8. The maximum atomic E-state index is 14.3. The number of nitrogens with zero attached hydrogens (tertiary/aromatic N) is 4. The molecule has 0 radical (unpaired) electrons. The quantitative estimate of drug-likeness (QED) is 0.252. The highest BCUT2D eigenvalue weighted by atomic mass is 35.5. The Labute approximate surface area is 258 Å².